The monoisotopic (exact) mass is 568 g/mol. The summed E-state index contributed by atoms with van der Waals surface area (Å²) < 4.78 is 51.9. The molecule has 4 rings (SSSR count). The Kier molecular flexibility index (Phi) is 8.20. The maximum absolute atomic E-state index is 13.1. The number of aryl methyl sites for hydroxylation is 1. The van der Waals surface area contributed by atoms with Crippen molar-refractivity contribution in [2.45, 2.75) is 28.2 Å². The van der Waals surface area contributed by atoms with Crippen molar-refractivity contribution in [2.24, 2.45) is 0 Å². The van der Waals surface area contributed by atoms with E-state index in [0.717, 1.165) is 0 Å². The molecule has 0 saturated carbocycles. The van der Waals surface area contributed by atoms with Gasteiger partial charge in [-0.05, 0) is 66.1 Å². The van der Waals surface area contributed by atoms with E-state index in [4.69, 9.17) is 11.6 Å². The Morgan fingerprint density at radius 2 is 1.29 bits per heavy atom. The van der Waals surface area contributed by atoms with Crippen molar-refractivity contribution in [3.63, 3.8) is 0 Å². The largest absolute Gasteiger partial charge is 0.323 e. The van der Waals surface area contributed by atoms with Crippen molar-refractivity contribution < 1.29 is 21.6 Å². The number of sulfone groups is 2. The van der Waals surface area contributed by atoms with Gasteiger partial charge in [0.1, 0.15) is 0 Å². The van der Waals surface area contributed by atoms with Gasteiger partial charge in [0.2, 0.25) is 0 Å². The minimum atomic E-state index is -3.70. The summed E-state index contributed by atoms with van der Waals surface area (Å²) in [6.07, 6.45) is 0. The average molecular weight is 569 g/mol. The fraction of sp³-hybridized carbons (Fsp3) is 0.107. The first-order valence-electron chi connectivity index (χ1n) is 11.5. The van der Waals surface area contributed by atoms with E-state index >= 15 is 0 Å². The van der Waals surface area contributed by atoms with Gasteiger partial charge in [-0.2, -0.15) is 0 Å². The third-order valence-corrected chi connectivity index (χ3v) is 9.46. The van der Waals surface area contributed by atoms with Crippen LogP contribution in [0.1, 0.15) is 16.7 Å². The number of halogens is 1. The van der Waals surface area contributed by atoms with Gasteiger partial charge in [-0.15, -0.1) is 0 Å². The second-order valence-electron chi connectivity index (χ2n) is 8.72. The summed E-state index contributed by atoms with van der Waals surface area (Å²) in [7, 11) is -7.33. The fourth-order valence-corrected chi connectivity index (χ4v) is 7.00. The van der Waals surface area contributed by atoms with E-state index in [0.29, 0.717) is 21.7 Å². The molecular formula is C28H25ClN2O5S2. The molecule has 0 saturated heterocycles. The highest BCUT2D eigenvalue weighted by Gasteiger charge is 2.20. The molecule has 4 aromatic rings. The summed E-state index contributed by atoms with van der Waals surface area (Å²) >= 11 is 5.89. The summed E-state index contributed by atoms with van der Waals surface area (Å²) in [5, 5.41) is 5.74. The molecule has 4 aromatic carbocycles. The summed E-state index contributed by atoms with van der Waals surface area (Å²) in [6.45, 7) is 1.68. The molecule has 0 spiro atoms. The molecule has 2 amide bonds. The SMILES string of the molecule is Cc1ccc(NC(=O)Nc2cccc(S(=O)(=O)Cc3ccccc3)c2)cc1S(=O)(=O)Cc1ccc(Cl)cc1. The molecule has 38 heavy (non-hydrogen) atoms. The second kappa shape index (κ2) is 11.4. The minimum Gasteiger partial charge on any atom is -0.308 e. The normalized spacial score (nSPS) is 11.6. The van der Waals surface area contributed by atoms with Gasteiger partial charge in [0.05, 0.1) is 21.3 Å². The van der Waals surface area contributed by atoms with E-state index < -0.39 is 25.7 Å². The Labute approximate surface area is 227 Å². The number of hydrogen-bond acceptors (Lipinski definition) is 5. The zero-order chi connectivity index (χ0) is 27.3. The van der Waals surface area contributed by atoms with Crippen molar-refractivity contribution in [3.05, 3.63) is 119 Å². The molecule has 10 heteroatoms. The Morgan fingerprint density at radius 1 is 0.684 bits per heavy atom. The number of anilines is 2. The van der Waals surface area contributed by atoms with E-state index in [1.807, 2.05) is 6.07 Å². The van der Waals surface area contributed by atoms with Crippen LogP contribution in [0.5, 0.6) is 0 Å². The quantitative estimate of drug-likeness (QED) is 0.261. The van der Waals surface area contributed by atoms with Crippen LogP contribution in [0.15, 0.2) is 107 Å². The number of rotatable bonds is 8. The number of hydrogen-bond donors (Lipinski definition) is 2. The van der Waals surface area contributed by atoms with E-state index in [-0.39, 0.29) is 32.7 Å². The van der Waals surface area contributed by atoms with Crippen LogP contribution >= 0.6 is 11.6 Å². The van der Waals surface area contributed by atoms with Crippen molar-refractivity contribution >= 4 is 48.7 Å². The van der Waals surface area contributed by atoms with Crippen LogP contribution in [-0.2, 0) is 31.2 Å². The Bertz CT molecular complexity index is 1670. The summed E-state index contributed by atoms with van der Waals surface area (Å²) in [5.74, 6) is -0.384. The van der Waals surface area contributed by atoms with Crippen molar-refractivity contribution in [1.29, 1.82) is 0 Å². The maximum Gasteiger partial charge on any atom is 0.323 e. The van der Waals surface area contributed by atoms with Gasteiger partial charge >= 0.3 is 6.03 Å². The van der Waals surface area contributed by atoms with E-state index in [1.165, 1.54) is 18.2 Å². The molecule has 0 aromatic heterocycles. The Hall–Kier alpha value is -3.66. The van der Waals surface area contributed by atoms with Crippen molar-refractivity contribution in [3.8, 4) is 0 Å². The first-order valence-corrected chi connectivity index (χ1v) is 15.2. The molecule has 0 fully saturated rings. The molecule has 0 unspecified atom stereocenters. The molecule has 0 heterocycles. The third-order valence-electron chi connectivity index (χ3n) is 5.70. The van der Waals surface area contributed by atoms with Gasteiger partial charge in [-0.3, -0.25) is 0 Å². The predicted octanol–water partition coefficient (Wildman–Crippen LogP) is 6.24. The number of carbonyl (C=O) groups is 1. The van der Waals surface area contributed by atoms with Gasteiger partial charge in [-0.1, -0.05) is 66.2 Å². The van der Waals surface area contributed by atoms with Crippen LogP contribution in [0.3, 0.4) is 0 Å². The number of amides is 2. The highest BCUT2D eigenvalue weighted by atomic mass is 35.5. The summed E-state index contributed by atoms with van der Waals surface area (Å²) in [4.78, 5) is 12.8. The smallest absolute Gasteiger partial charge is 0.308 e. The summed E-state index contributed by atoms with van der Waals surface area (Å²) in [6, 6.07) is 25.3. The van der Waals surface area contributed by atoms with Crippen LogP contribution in [0, 0.1) is 6.92 Å². The molecule has 7 nitrogen and oxygen atoms in total. The number of urea groups is 1. The molecule has 0 bridgehead atoms. The van der Waals surface area contributed by atoms with Crippen LogP contribution in [0.2, 0.25) is 5.02 Å². The lowest BCUT2D eigenvalue weighted by molar-refractivity contribution is 0.262. The van der Waals surface area contributed by atoms with Crippen molar-refractivity contribution in [1.82, 2.24) is 0 Å². The maximum atomic E-state index is 13.1. The Balaban J connectivity index is 1.47. The van der Waals surface area contributed by atoms with Gasteiger partial charge in [0.15, 0.2) is 19.7 Å². The number of nitrogens with one attached hydrogen (secondary N) is 2. The highest BCUT2D eigenvalue weighted by molar-refractivity contribution is 7.91. The number of benzene rings is 4. The van der Waals surface area contributed by atoms with E-state index in [2.05, 4.69) is 10.6 Å². The van der Waals surface area contributed by atoms with Gasteiger partial charge in [0, 0.05) is 16.4 Å². The minimum absolute atomic E-state index is 0.0741. The molecular weight excluding hydrogens is 544 g/mol. The topological polar surface area (TPSA) is 109 Å². The van der Waals surface area contributed by atoms with Crippen LogP contribution in [-0.4, -0.2) is 22.9 Å². The lowest BCUT2D eigenvalue weighted by Gasteiger charge is -2.13. The molecule has 2 N–H and O–H groups in total. The lowest BCUT2D eigenvalue weighted by atomic mass is 10.2. The standard InChI is InChI=1S/C28H25ClN2O5S2/c1-20-10-15-25(17-27(20)38(35,36)19-22-11-13-23(29)14-12-22)31-28(32)30-24-8-5-9-26(16-24)37(33,34)18-21-6-3-2-4-7-21/h2-17H,18-19H2,1H3,(H2,30,31,32). The van der Waals surface area contributed by atoms with Crippen molar-refractivity contribution in [2.75, 3.05) is 10.6 Å². The fourth-order valence-electron chi connectivity index (χ4n) is 3.83. The zero-order valence-corrected chi connectivity index (χ0v) is 22.8. The lowest BCUT2D eigenvalue weighted by Crippen LogP contribution is -2.20. The van der Waals surface area contributed by atoms with Crippen LogP contribution in [0.25, 0.3) is 0 Å². The first-order chi connectivity index (χ1) is 18.0. The Morgan fingerprint density at radius 3 is 1.97 bits per heavy atom. The van der Waals surface area contributed by atoms with Crippen LogP contribution in [0.4, 0.5) is 16.2 Å². The van der Waals surface area contributed by atoms with Gasteiger partial charge < -0.3 is 10.6 Å². The molecule has 196 valence electrons. The number of carbonyl (C=O) groups excluding carboxylic acids is 1. The molecule has 0 atom stereocenters. The van der Waals surface area contributed by atoms with E-state index in [9.17, 15) is 21.6 Å². The third kappa shape index (κ3) is 7.00. The summed E-state index contributed by atoms with van der Waals surface area (Å²) in [5.41, 5.74) is 2.34. The molecule has 0 aliphatic rings. The van der Waals surface area contributed by atoms with Gasteiger partial charge in [-0.25, -0.2) is 21.6 Å². The predicted molar refractivity (Wildman–Crippen MR) is 150 cm³/mol. The first kappa shape index (κ1) is 27.4. The molecule has 0 aliphatic heterocycles. The van der Waals surface area contributed by atoms with Gasteiger partial charge in [0.25, 0.3) is 0 Å². The average Bonchev–Trinajstić information content (AvgIpc) is 2.87. The van der Waals surface area contributed by atoms with Crippen LogP contribution < -0.4 is 10.6 Å². The second-order valence-corrected chi connectivity index (χ2v) is 13.1. The molecule has 0 aliphatic carbocycles. The zero-order valence-electron chi connectivity index (χ0n) is 20.4. The highest BCUT2D eigenvalue weighted by Crippen LogP contribution is 2.25. The molecule has 0 radical (unpaired) electrons. The van der Waals surface area contributed by atoms with E-state index in [1.54, 1.807) is 79.7 Å².